The second-order valence-corrected chi connectivity index (χ2v) is 3.86. The van der Waals surface area contributed by atoms with Crippen LogP contribution < -0.4 is 4.74 Å². The average molecular weight is 221 g/mol. The fourth-order valence-electron chi connectivity index (χ4n) is 1.36. The first-order chi connectivity index (χ1) is 7.70. The number of carbonyl (C=O) groups excluding carboxylic acids is 1. The summed E-state index contributed by atoms with van der Waals surface area (Å²) >= 11 is 0. The van der Waals surface area contributed by atoms with Gasteiger partial charge in [-0.1, -0.05) is 0 Å². The molecule has 0 spiro atoms. The molecule has 0 heterocycles. The number of carbonyl (C=O) groups is 1. The van der Waals surface area contributed by atoms with Crippen LogP contribution in [0.2, 0.25) is 0 Å². The predicted molar refractivity (Wildman–Crippen MR) is 56.7 cm³/mol. The average Bonchev–Trinajstić information content (AvgIpc) is 3.09. The van der Waals surface area contributed by atoms with Crippen LogP contribution in [0.1, 0.15) is 23.2 Å². The Morgan fingerprint density at radius 2 is 2.25 bits per heavy atom. The van der Waals surface area contributed by atoms with Crippen LogP contribution in [0.15, 0.2) is 18.2 Å². The number of nitro benzene ring substituents is 1. The third-order valence-corrected chi connectivity index (χ3v) is 2.49. The lowest BCUT2D eigenvalue weighted by Crippen LogP contribution is -2.02. The number of ether oxygens (including phenoxy) is 1. The number of nitrogens with zero attached hydrogens (tertiary/aromatic N) is 1. The van der Waals surface area contributed by atoms with E-state index in [2.05, 4.69) is 0 Å². The Balaban J connectivity index is 2.21. The normalized spacial score (nSPS) is 14.5. The summed E-state index contributed by atoms with van der Waals surface area (Å²) in [6, 6.07) is 4.12. The minimum absolute atomic E-state index is 0.0914. The standard InChI is InChI=1S/C11H11NO4/c13-6-9-3-4-10(12(14)15)11(5-9)16-7-8-1-2-8/h3-6,8H,1-2,7H2. The Morgan fingerprint density at radius 1 is 1.50 bits per heavy atom. The molecule has 0 atom stereocenters. The SMILES string of the molecule is O=Cc1ccc([N+](=O)[O-])c(OCC2CC2)c1. The molecule has 0 unspecified atom stereocenters. The first-order valence-electron chi connectivity index (χ1n) is 5.07. The van der Waals surface area contributed by atoms with Gasteiger partial charge in [0.15, 0.2) is 5.75 Å². The molecule has 0 bridgehead atoms. The van der Waals surface area contributed by atoms with Crippen LogP contribution in [0.3, 0.4) is 0 Å². The summed E-state index contributed by atoms with van der Waals surface area (Å²) in [4.78, 5) is 20.8. The molecule has 0 N–H and O–H groups in total. The summed E-state index contributed by atoms with van der Waals surface area (Å²) in [5.41, 5.74) is 0.294. The van der Waals surface area contributed by atoms with Crippen molar-refractivity contribution in [1.29, 1.82) is 0 Å². The van der Waals surface area contributed by atoms with Gasteiger partial charge in [-0.3, -0.25) is 14.9 Å². The molecule has 2 rings (SSSR count). The second kappa shape index (κ2) is 4.30. The van der Waals surface area contributed by atoms with Crippen LogP contribution >= 0.6 is 0 Å². The van der Waals surface area contributed by atoms with Crippen LogP contribution in [0.4, 0.5) is 5.69 Å². The molecular weight excluding hydrogens is 210 g/mol. The highest BCUT2D eigenvalue weighted by molar-refractivity contribution is 5.76. The van der Waals surface area contributed by atoms with E-state index in [9.17, 15) is 14.9 Å². The van der Waals surface area contributed by atoms with E-state index >= 15 is 0 Å². The van der Waals surface area contributed by atoms with E-state index in [4.69, 9.17) is 4.74 Å². The van der Waals surface area contributed by atoms with Gasteiger partial charge in [-0.05, 0) is 30.9 Å². The lowest BCUT2D eigenvalue weighted by molar-refractivity contribution is -0.385. The number of benzene rings is 1. The third-order valence-electron chi connectivity index (χ3n) is 2.49. The monoisotopic (exact) mass is 221 g/mol. The van der Waals surface area contributed by atoms with Crippen molar-refractivity contribution >= 4 is 12.0 Å². The number of hydrogen-bond acceptors (Lipinski definition) is 4. The molecule has 1 aliphatic carbocycles. The summed E-state index contributed by atoms with van der Waals surface area (Å²) in [6.45, 7) is 0.489. The van der Waals surface area contributed by atoms with E-state index in [0.29, 0.717) is 24.4 Å². The van der Waals surface area contributed by atoms with E-state index in [0.717, 1.165) is 12.8 Å². The smallest absolute Gasteiger partial charge is 0.310 e. The first-order valence-corrected chi connectivity index (χ1v) is 5.07. The molecule has 5 heteroatoms. The maximum Gasteiger partial charge on any atom is 0.310 e. The van der Waals surface area contributed by atoms with Crippen LogP contribution in [-0.2, 0) is 0 Å². The van der Waals surface area contributed by atoms with Crippen molar-refractivity contribution in [2.45, 2.75) is 12.8 Å². The van der Waals surface area contributed by atoms with Crippen molar-refractivity contribution in [2.75, 3.05) is 6.61 Å². The van der Waals surface area contributed by atoms with Gasteiger partial charge in [0.2, 0.25) is 0 Å². The fourth-order valence-corrected chi connectivity index (χ4v) is 1.36. The van der Waals surface area contributed by atoms with Gasteiger partial charge in [0.05, 0.1) is 11.5 Å². The quantitative estimate of drug-likeness (QED) is 0.434. The minimum Gasteiger partial charge on any atom is -0.487 e. The van der Waals surface area contributed by atoms with Crippen LogP contribution in [0, 0.1) is 16.0 Å². The summed E-state index contributed by atoms with van der Waals surface area (Å²) in [5, 5.41) is 10.7. The van der Waals surface area contributed by atoms with Gasteiger partial charge >= 0.3 is 5.69 Å². The van der Waals surface area contributed by atoms with Crippen molar-refractivity contribution in [2.24, 2.45) is 5.92 Å². The number of nitro groups is 1. The highest BCUT2D eigenvalue weighted by atomic mass is 16.6. The summed E-state index contributed by atoms with van der Waals surface area (Å²) in [7, 11) is 0. The molecule has 0 aliphatic heterocycles. The Morgan fingerprint density at radius 3 is 2.81 bits per heavy atom. The van der Waals surface area contributed by atoms with E-state index in [1.807, 2.05) is 0 Å². The molecule has 1 saturated carbocycles. The molecule has 1 aliphatic rings. The molecule has 0 aromatic heterocycles. The van der Waals surface area contributed by atoms with Crippen LogP contribution in [0.25, 0.3) is 0 Å². The summed E-state index contributed by atoms with van der Waals surface area (Å²) in [6.07, 6.45) is 2.87. The molecule has 0 amide bonds. The Labute approximate surface area is 92.2 Å². The molecular formula is C11H11NO4. The maximum atomic E-state index is 10.7. The molecule has 16 heavy (non-hydrogen) atoms. The van der Waals surface area contributed by atoms with E-state index in [1.165, 1.54) is 18.2 Å². The van der Waals surface area contributed by atoms with E-state index in [1.54, 1.807) is 0 Å². The van der Waals surface area contributed by atoms with Gasteiger partial charge < -0.3 is 4.74 Å². The zero-order chi connectivity index (χ0) is 11.5. The Kier molecular flexibility index (Phi) is 2.85. The highest BCUT2D eigenvalue weighted by Gasteiger charge is 2.24. The zero-order valence-electron chi connectivity index (χ0n) is 8.59. The topological polar surface area (TPSA) is 69.4 Å². The number of rotatable bonds is 5. The lowest BCUT2D eigenvalue weighted by Gasteiger charge is -2.06. The predicted octanol–water partition coefficient (Wildman–Crippen LogP) is 2.20. The van der Waals surface area contributed by atoms with Gasteiger partial charge in [-0.2, -0.15) is 0 Å². The van der Waals surface area contributed by atoms with Crippen molar-refractivity contribution in [1.82, 2.24) is 0 Å². The summed E-state index contributed by atoms with van der Waals surface area (Å²) in [5.74, 6) is 0.695. The molecule has 5 nitrogen and oxygen atoms in total. The second-order valence-electron chi connectivity index (χ2n) is 3.86. The van der Waals surface area contributed by atoms with Gasteiger partial charge in [-0.25, -0.2) is 0 Å². The van der Waals surface area contributed by atoms with Crippen molar-refractivity contribution in [3.05, 3.63) is 33.9 Å². The molecule has 84 valence electrons. The van der Waals surface area contributed by atoms with Gasteiger partial charge in [-0.15, -0.1) is 0 Å². The van der Waals surface area contributed by atoms with Gasteiger partial charge in [0.1, 0.15) is 6.29 Å². The van der Waals surface area contributed by atoms with Crippen LogP contribution in [-0.4, -0.2) is 17.8 Å². The molecule has 1 fully saturated rings. The van der Waals surface area contributed by atoms with E-state index < -0.39 is 4.92 Å². The number of aldehydes is 1. The molecule has 0 saturated heterocycles. The van der Waals surface area contributed by atoms with Crippen molar-refractivity contribution in [3.8, 4) is 5.75 Å². The molecule has 0 radical (unpaired) electrons. The first kappa shape index (κ1) is 10.6. The summed E-state index contributed by atoms with van der Waals surface area (Å²) < 4.78 is 5.36. The molecule has 1 aromatic carbocycles. The minimum atomic E-state index is -0.503. The highest BCUT2D eigenvalue weighted by Crippen LogP contribution is 2.32. The van der Waals surface area contributed by atoms with Crippen molar-refractivity contribution < 1.29 is 14.5 Å². The van der Waals surface area contributed by atoms with Gasteiger partial charge in [0, 0.05) is 11.6 Å². The van der Waals surface area contributed by atoms with Crippen molar-refractivity contribution in [3.63, 3.8) is 0 Å². The zero-order valence-corrected chi connectivity index (χ0v) is 8.59. The Hall–Kier alpha value is -1.91. The fraction of sp³-hybridized carbons (Fsp3) is 0.364. The number of hydrogen-bond donors (Lipinski definition) is 0. The lowest BCUT2D eigenvalue weighted by atomic mass is 10.2. The van der Waals surface area contributed by atoms with Crippen LogP contribution in [0.5, 0.6) is 5.75 Å². The van der Waals surface area contributed by atoms with E-state index in [-0.39, 0.29) is 11.4 Å². The third kappa shape index (κ3) is 2.36. The maximum absolute atomic E-state index is 10.7. The largest absolute Gasteiger partial charge is 0.487 e. The van der Waals surface area contributed by atoms with Gasteiger partial charge in [0.25, 0.3) is 0 Å². The Bertz CT molecular complexity index is 426. The molecule has 1 aromatic rings.